The van der Waals surface area contributed by atoms with Crippen molar-refractivity contribution in [1.82, 2.24) is 0 Å². The van der Waals surface area contributed by atoms with Gasteiger partial charge in [-0.2, -0.15) is 0 Å². The molecule has 2 rings (SSSR count). The van der Waals surface area contributed by atoms with Crippen LogP contribution in [-0.4, -0.2) is 8.42 Å². The second-order valence-corrected chi connectivity index (χ2v) is 6.46. The summed E-state index contributed by atoms with van der Waals surface area (Å²) in [6, 6.07) is 7.90. The summed E-state index contributed by atoms with van der Waals surface area (Å²) in [6.07, 6.45) is 0. The minimum atomic E-state index is -3.85. The molecule has 0 saturated carbocycles. The van der Waals surface area contributed by atoms with E-state index < -0.39 is 15.8 Å². The lowest BCUT2D eigenvalue weighted by Crippen LogP contribution is -2.13. The molecule has 0 unspecified atom stereocenters. The number of sulfonamides is 1. The minimum Gasteiger partial charge on any atom is -0.399 e. The third-order valence-electron chi connectivity index (χ3n) is 2.50. The lowest BCUT2D eigenvalue weighted by atomic mass is 10.2. The topological polar surface area (TPSA) is 72.2 Å². The van der Waals surface area contributed by atoms with Crippen LogP contribution in [0.25, 0.3) is 0 Å². The van der Waals surface area contributed by atoms with E-state index in [0.29, 0.717) is 11.3 Å². The Morgan fingerprint density at radius 3 is 2.45 bits per heavy atom. The predicted octanol–water partition coefficient (Wildman–Crippen LogP) is 3.17. The monoisotopic (exact) mass is 314 g/mol. The Morgan fingerprint density at radius 2 is 1.85 bits per heavy atom. The molecule has 2 aromatic carbocycles. The van der Waals surface area contributed by atoms with Crippen molar-refractivity contribution in [3.05, 3.63) is 52.8 Å². The highest BCUT2D eigenvalue weighted by atomic mass is 35.5. The summed E-state index contributed by atoms with van der Waals surface area (Å²) in [7, 11) is -3.85. The molecule has 0 fully saturated rings. The number of nitrogen functional groups attached to an aromatic ring is 1. The van der Waals surface area contributed by atoms with E-state index in [-0.39, 0.29) is 15.6 Å². The Morgan fingerprint density at radius 1 is 1.15 bits per heavy atom. The van der Waals surface area contributed by atoms with Gasteiger partial charge in [-0.15, -0.1) is 0 Å². The van der Waals surface area contributed by atoms with Gasteiger partial charge >= 0.3 is 0 Å². The first-order valence-corrected chi connectivity index (χ1v) is 7.48. The van der Waals surface area contributed by atoms with Crippen LogP contribution in [0.4, 0.5) is 15.8 Å². The highest BCUT2D eigenvalue weighted by Crippen LogP contribution is 2.23. The molecule has 0 radical (unpaired) electrons. The average Bonchev–Trinajstić information content (AvgIpc) is 2.25. The zero-order valence-corrected chi connectivity index (χ0v) is 12.1. The van der Waals surface area contributed by atoms with Gasteiger partial charge < -0.3 is 5.73 Å². The van der Waals surface area contributed by atoms with E-state index in [2.05, 4.69) is 4.72 Å². The maximum atomic E-state index is 13.2. The number of benzene rings is 2. The molecule has 0 bridgehead atoms. The maximum absolute atomic E-state index is 13.2. The molecule has 7 heteroatoms. The van der Waals surface area contributed by atoms with Gasteiger partial charge in [0.1, 0.15) is 5.82 Å². The molecule has 0 aromatic heterocycles. The molecule has 0 heterocycles. The number of aryl methyl sites for hydroxylation is 1. The molecular weight excluding hydrogens is 303 g/mol. The van der Waals surface area contributed by atoms with Gasteiger partial charge in [0, 0.05) is 10.7 Å². The molecule has 0 spiro atoms. The van der Waals surface area contributed by atoms with Crippen LogP contribution in [0.15, 0.2) is 41.3 Å². The normalized spacial score (nSPS) is 11.3. The van der Waals surface area contributed by atoms with Crippen molar-refractivity contribution in [2.24, 2.45) is 0 Å². The Labute approximate surface area is 121 Å². The van der Waals surface area contributed by atoms with Crippen molar-refractivity contribution in [3.63, 3.8) is 0 Å². The van der Waals surface area contributed by atoms with E-state index in [9.17, 15) is 12.8 Å². The van der Waals surface area contributed by atoms with Crippen LogP contribution in [0.1, 0.15) is 5.56 Å². The van der Waals surface area contributed by atoms with Crippen LogP contribution in [-0.2, 0) is 10.0 Å². The number of hydrogen-bond acceptors (Lipinski definition) is 3. The fraction of sp³-hybridized carbons (Fsp3) is 0.0769. The van der Waals surface area contributed by atoms with Crippen molar-refractivity contribution in [1.29, 1.82) is 0 Å². The second kappa shape index (κ2) is 5.30. The summed E-state index contributed by atoms with van der Waals surface area (Å²) in [6.45, 7) is 1.73. The van der Waals surface area contributed by atoms with Crippen LogP contribution in [0, 0.1) is 12.7 Å². The minimum absolute atomic E-state index is 0.00961. The van der Waals surface area contributed by atoms with Gasteiger partial charge in [0.25, 0.3) is 10.0 Å². The van der Waals surface area contributed by atoms with Gasteiger partial charge in [0.15, 0.2) is 0 Å². The van der Waals surface area contributed by atoms with Crippen LogP contribution in [0.5, 0.6) is 0 Å². The molecule has 106 valence electrons. The van der Waals surface area contributed by atoms with Crippen LogP contribution < -0.4 is 10.5 Å². The predicted molar refractivity (Wildman–Crippen MR) is 77.8 cm³/mol. The highest BCUT2D eigenvalue weighted by Gasteiger charge is 2.16. The fourth-order valence-corrected chi connectivity index (χ4v) is 3.16. The van der Waals surface area contributed by atoms with Gasteiger partial charge in [-0.3, -0.25) is 4.72 Å². The molecule has 20 heavy (non-hydrogen) atoms. The van der Waals surface area contributed by atoms with Crippen LogP contribution in [0.2, 0.25) is 5.02 Å². The lowest BCUT2D eigenvalue weighted by Gasteiger charge is -2.10. The average molecular weight is 315 g/mol. The molecule has 0 saturated heterocycles. The van der Waals surface area contributed by atoms with Gasteiger partial charge in [-0.25, -0.2) is 12.8 Å². The van der Waals surface area contributed by atoms with Gasteiger partial charge in [0.05, 0.1) is 10.6 Å². The van der Waals surface area contributed by atoms with Crippen molar-refractivity contribution < 1.29 is 12.8 Å². The Balaban J connectivity index is 2.40. The molecule has 4 nitrogen and oxygen atoms in total. The summed E-state index contributed by atoms with van der Waals surface area (Å²) >= 11 is 5.68. The summed E-state index contributed by atoms with van der Waals surface area (Å²) in [5.74, 6) is -0.626. The highest BCUT2D eigenvalue weighted by molar-refractivity contribution is 7.92. The van der Waals surface area contributed by atoms with E-state index in [1.807, 2.05) is 0 Å². The smallest absolute Gasteiger partial charge is 0.261 e. The third-order valence-corrected chi connectivity index (χ3v) is 4.08. The first-order chi connectivity index (χ1) is 9.26. The number of nitrogens with one attached hydrogen (secondary N) is 1. The molecule has 0 aliphatic heterocycles. The van der Waals surface area contributed by atoms with Crippen LogP contribution in [0.3, 0.4) is 0 Å². The zero-order valence-electron chi connectivity index (χ0n) is 10.5. The maximum Gasteiger partial charge on any atom is 0.261 e. The van der Waals surface area contributed by atoms with E-state index >= 15 is 0 Å². The van der Waals surface area contributed by atoms with Crippen LogP contribution >= 0.6 is 11.6 Å². The zero-order chi connectivity index (χ0) is 14.9. The SMILES string of the molecule is Cc1cc(N)cc(S(=O)(=O)Nc2cc(F)cc(Cl)c2)c1. The van der Waals surface area contributed by atoms with Crippen molar-refractivity contribution >= 4 is 33.0 Å². The van der Waals surface area contributed by atoms with Crippen molar-refractivity contribution in [3.8, 4) is 0 Å². The molecule has 0 atom stereocenters. The largest absolute Gasteiger partial charge is 0.399 e. The number of rotatable bonds is 3. The summed E-state index contributed by atoms with van der Waals surface area (Å²) in [5, 5.41) is 0.103. The fourth-order valence-electron chi connectivity index (χ4n) is 1.76. The Hall–Kier alpha value is -1.79. The number of nitrogens with two attached hydrogens (primary N) is 1. The molecule has 2 aromatic rings. The Kier molecular flexibility index (Phi) is 3.87. The quantitative estimate of drug-likeness (QED) is 0.855. The summed E-state index contributed by atoms with van der Waals surface area (Å²) in [5.41, 5.74) is 6.72. The molecular formula is C13H12ClFN2O2S. The van der Waals surface area contributed by atoms with E-state index in [1.165, 1.54) is 18.2 Å². The standard InChI is InChI=1S/C13H12ClFN2O2S/c1-8-2-11(16)7-13(3-8)20(18,19)17-12-5-9(14)4-10(15)6-12/h2-7,17H,16H2,1H3. The Bertz CT molecular complexity index is 722. The molecule has 0 aliphatic rings. The summed E-state index contributed by atoms with van der Waals surface area (Å²) < 4.78 is 39.9. The molecule has 3 N–H and O–H groups in total. The first-order valence-electron chi connectivity index (χ1n) is 5.62. The van der Waals surface area contributed by atoms with E-state index in [0.717, 1.165) is 12.1 Å². The molecule has 0 aliphatic carbocycles. The van der Waals surface area contributed by atoms with E-state index in [4.69, 9.17) is 17.3 Å². The van der Waals surface area contributed by atoms with E-state index in [1.54, 1.807) is 13.0 Å². The number of hydrogen-bond donors (Lipinski definition) is 2. The molecule has 0 amide bonds. The van der Waals surface area contributed by atoms with Gasteiger partial charge in [0.2, 0.25) is 0 Å². The third kappa shape index (κ3) is 3.40. The van der Waals surface area contributed by atoms with Gasteiger partial charge in [-0.05, 0) is 48.9 Å². The summed E-state index contributed by atoms with van der Waals surface area (Å²) in [4.78, 5) is 0.00961. The van der Waals surface area contributed by atoms with Crippen molar-refractivity contribution in [2.45, 2.75) is 11.8 Å². The van der Waals surface area contributed by atoms with Crippen molar-refractivity contribution in [2.75, 3.05) is 10.5 Å². The van der Waals surface area contributed by atoms with Gasteiger partial charge in [-0.1, -0.05) is 11.6 Å². The first kappa shape index (κ1) is 14.6. The number of halogens is 2. The number of anilines is 2. The lowest BCUT2D eigenvalue weighted by molar-refractivity contribution is 0.601. The second-order valence-electron chi connectivity index (χ2n) is 4.34.